The summed E-state index contributed by atoms with van der Waals surface area (Å²) in [6, 6.07) is 29.2. The van der Waals surface area contributed by atoms with Crippen LogP contribution in [-0.2, 0) is 25.5 Å². The largest absolute Gasteiger partial charge is 0.370 e. The van der Waals surface area contributed by atoms with Gasteiger partial charge in [-0.1, -0.05) is 84.9 Å². The molecule has 0 radical (unpaired) electrons. The average molecular weight is 421 g/mol. The topological polar surface area (TPSA) is 35.5 Å². The van der Waals surface area contributed by atoms with E-state index in [2.05, 4.69) is 60.7 Å². The van der Waals surface area contributed by atoms with Gasteiger partial charge in [-0.15, -0.1) is 0 Å². The molecule has 3 aromatic rings. The number of ketones is 1. The number of fused-ring (bicyclic) bond motifs is 9. The molecule has 0 amide bonds. The van der Waals surface area contributed by atoms with Crippen molar-refractivity contribution in [3.05, 3.63) is 119 Å². The van der Waals surface area contributed by atoms with Gasteiger partial charge in [-0.2, -0.15) is 0 Å². The highest BCUT2D eigenvalue weighted by atomic mass is 16.6. The Labute approximate surface area is 187 Å². The first kappa shape index (κ1) is 18.6. The Morgan fingerprint density at radius 3 is 1.97 bits per heavy atom. The zero-order chi connectivity index (χ0) is 21.4. The number of carbonyl (C=O) groups is 1. The highest BCUT2D eigenvalue weighted by Crippen LogP contribution is 2.72. The molecule has 0 aromatic heterocycles. The maximum atomic E-state index is 13.7. The molecule has 1 aliphatic carbocycles. The number of benzene rings is 3. The van der Waals surface area contributed by atoms with Gasteiger partial charge in [-0.05, 0) is 47.2 Å². The van der Waals surface area contributed by atoms with Gasteiger partial charge in [-0.25, -0.2) is 0 Å². The van der Waals surface area contributed by atoms with E-state index >= 15 is 0 Å². The highest BCUT2D eigenvalue weighted by Gasteiger charge is 2.77. The lowest BCUT2D eigenvalue weighted by atomic mass is 9.53. The second kappa shape index (κ2) is 6.28. The molecule has 0 saturated carbocycles. The average Bonchev–Trinajstić information content (AvgIpc) is 3.54. The monoisotopic (exact) mass is 420 g/mol. The third kappa shape index (κ3) is 2.02. The van der Waals surface area contributed by atoms with E-state index in [0.717, 1.165) is 35.1 Å². The molecule has 5 atom stereocenters. The van der Waals surface area contributed by atoms with Gasteiger partial charge in [0.1, 0.15) is 11.2 Å². The molecular weight excluding hydrogens is 396 g/mol. The van der Waals surface area contributed by atoms with Crippen molar-refractivity contribution in [3.8, 4) is 0 Å². The smallest absolute Gasteiger partial charge is 0.162 e. The quantitative estimate of drug-likeness (QED) is 0.576. The van der Waals surface area contributed by atoms with E-state index in [1.807, 2.05) is 30.3 Å². The summed E-state index contributed by atoms with van der Waals surface area (Å²) < 4.78 is 13.9. The van der Waals surface area contributed by atoms with Gasteiger partial charge in [0.25, 0.3) is 0 Å². The van der Waals surface area contributed by atoms with E-state index < -0.39 is 16.8 Å². The standard InChI is InChI=1S/C29H24O3/c30-24-16-18-27(17-9-19-31-27)26-25(24)28(20-10-3-1-4-11-20)22-14-7-8-15-23(22)29(26,32-28)21-12-5-2-6-13-21/h1-8,10-16,18,25-26H,9,17,19H2/t25-,26+,27-,28+,29+/m1/s1. The van der Waals surface area contributed by atoms with Crippen LogP contribution in [0.1, 0.15) is 35.1 Å². The molecule has 3 aliphatic heterocycles. The third-order valence-electron chi connectivity index (χ3n) is 8.11. The van der Waals surface area contributed by atoms with Gasteiger partial charge in [-0.3, -0.25) is 4.79 Å². The summed E-state index contributed by atoms with van der Waals surface area (Å²) in [6.07, 6.45) is 5.71. The Bertz CT molecular complexity index is 1240. The molecule has 2 bridgehead atoms. The van der Waals surface area contributed by atoms with Crippen LogP contribution in [-0.4, -0.2) is 18.0 Å². The van der Waals surface area contributed by atoms with Crippen LogP contribution < -0.4 is 0 Å². The van der Waals surface area contributed by atoms with Gasteiger partial charge in [0, 0.05) is 12.5 Å². The molecule has 1 spiro atoms. The van der Waals surface area contributed by atoms with E-state index in [1.54, 1.807) is 6.08 Å². The summed E-state index contributed by atoms with van der Waals surface area (Å²) in [6.45, 7) is 0.715. The van der Waals surface area contributed by atoms with Crippen molar-refractivity contribution in [1.82, 2.24) is 0 Å². The number of ether oxygens (including phenoxy) is 2. The van der Waals surface area contributed by atoms with Gasteiger partial charge in [0.2, 0.25) is 0 Å². The number of rotatable bonds is 2. The Morgan fingerprint density at radius 2 is 1.34 bits per heavy atom. The molecule has 3 heterocycles. The van der Waals surface area contributed by atoms with E-state index in [4.69, 9.17) is 9.47 Å². The van der Waals surface area contributed by atoms with E-state index in [0.29, 0.717) is 6.61 Å². The first-order valence-electron chi connectivity index (χ1n) is 11.5. The summed E-state index contributed by atoms with van der Waals surface area (Å²) >= 11 is 0. The second-order valence-corrected chi connectivity index (χ2v) is 9.45. The van der Waals surface area contributed by atoms with Gasteiger partial charge in [0.05, 0.1) is 11.5 Å². The van der Waals surface area contributed by atoms with Crippen molar-refractivity contribution >= 4 is 5.78 Å². The summed E-state index contributed by atoms with van der Waals surface area (Å²) in [5, 5.41) is 0. The van der Waals surface area contributed by atoms with Crippen LogP contribution in [0.3, 0.4) is 0 Å². The van der Waals surface area contributed by atoms with Crippen molar-refractivity contribution in [2.45, 2.75) is 29.6 Å². The van der Waals surface area contributed by atoms with Crippen LogP contribution in [0, 0.1) is 11.8 Å². The lowest BCUT2D eigenvalue weighted by molar-refractivity contribution is -0.128. The predicted octanol–water partition coefficient (Wildman–Crippen LogP) is 5.14. The molecule has 158 valence electrons. The van der Waals surface area contributed by atoms with E-state index in [-0.39, 0.29) is 17.6 Å². The molecule has 0 unspecified atom stereocenters. The molecule has 3 aromatic carbocycles. The fourth-order valence-corrected chi connectivity index (χ4v) is 7.07. The Balaban J connectivity index is 1.62. The summed E-state index contributed by atoms with van der Waals surface area (Å²) in [4.78, 5) is 13.7. The molecule has 3 heteroatoms. The minimum Gasteiger partial charge on any atom is -0.370 e. The zero-order valence-corrected chi connectivity index (χ0v) is 17.7. The SMILES string of the molecule is O=C1C=C[C@]2(CCCO2)[C@@H]2[C@@H]1[C@@]1(c3ccccc3)O[C@@]2(c2ccccc2)c2ccccc21. The van der Waals surface area contributed by atoms with E-state index in [1.165, 1.54) is 0 Å². The fourth-order valence-electron chi connectivity index (χ4n) is 7.07. The van der Waals surface area contributed by atoms with Crippen molar-refractivity contribution in [2.24, 2.45) is 11.8 Å². The first-order chi connectivity index (χ1) is 15.7. The van der Waals surface area contributed by atoms with Gasteiger partial charge in [0.15, 0.2) is 5.78 Å². The van der Waals surface area contributed by atoms with Crippen LogP contribution in [0.2, 0.25) is 0 Å². The van der Waals surface area contributed by atoms with Crippen LogP contribution in [0.4, 0.5) is 0 Å². The Morgan fingerprint density at radius 1 is 0.750 bits per heavy atom. The summed E-state index contributed by atoms with van der Waals surface area (Å²) in [5.41, 5.74) is 2.31. The maximum Gasteiger partial charge on any atom is 0.162 e. The predicted molar refractivity (Wildman–Crippen MR) is 121 cm³/mol. The van der Waals surface area contributed by atoms with Crippen molar-refractivity contribution in [3.63, 3.8) is 0 Å². The summed E-state index contributed by atoms with van der Waals surface area (Å²) in [5.74, 6) is -0.345. The second-order valence-electron chi connectivity index (χ2n) is 9.45. The van der Waals surface area contributed by atoms with Crippen molar-refractivity contribution in [2.75, 3.05) is 6.61 Å². The Kier molecular flexibility index (Phi) is 3.64. The minimum absolute atomic E-state index is 0.132. The molecular formula is C29H24O3. The van der Waals surface area contributed by atoms with Crippen molar-refractivity contribution in [1.29, 1.82) is 0 Å². The number of hydrogen-bond acceptors (Lipinski definition) is 3. The van der Waals surface area contributed by atoms with Crippen LogP contribution >= 0.6 is 0 Å². The lowest BCUT2D eigenvalue weighted by Gasteiger charge is -2.49. The van der Waals surface area contributed by atoms with E-state index in [9.17, 15) is 4.79 Å². The molecule has 2 fully saturated rings. The van der Waals surface area contributed by atoms with Crippen LogP contribution in [0.25, 0.3) is 0 Å². The third-order valence-corrected chi connectivity index (χ3v) is 8.11. The lowest BCUT2D eigenvalue weighted by Crippen LogP contribution is -2.56. The first-order valence-corrected chi connectivity index (χ1v) is 11.5. The normalized spacial score (nSPS) is 36.4. The molecule has 2 saturated heterocycles. The Hall–Kier alpha value is -3.01. The van der Waals surface area contributed by atoms with Gasteiger partial charge >= 0.3 is 0 Å². The molecule has 4 aliphatic rings. The van der Waals surface area contributed by atoms with Crippen LogP contribution in [0.15, 0.2) is 97.1 Å². The van der Waals surface area contributed by atoms with Crippen LogP contribution in [0.5, 0.6) is 0 Å². The number of carbonyl (C=O) groups excluding carboxylic acids is 1. The number of hydrogen-bond donors (Lipinski definition) is 0. The zero-order valence-electron chi connectivity index (χ0n) is 17.7. The maximum absolute atomic E-state index is 13.7. The number of allylic oxidation sites excluding steroid dienone is 1. The molecule has 3 nitrogen and oxygen atoms in total. The minimum atomic E-state index is -0.834. The van der Waals surface area contributed by atoms with Gasteiger partial charge < -0.3 is 9.47 Å². The highest BCUT2D eigenvalue weighted by molar-refractivity contribution is 5.96. The molecule has 32 heavy (non-hydrogen) atoms. The molecule has 0 N–H and O–H groups in total. The molecule has 7 rings (SSSR count). The van der Waals surface area contributed by atoms with Crippen molar-refractivity contribution < 1.29 is 14.3 Å². The summed E-state index contributed by atoms with van der Waals surface area (Å²) in [7, 11) is 0. The fraction of sp³-hybridized carbons (Fsp3) is 0.276.